The molecule has 1 aromatic rings. The lowest BCUT2D eigenvalue weighted by Gasteiger charge is -2.14. The van der Waals surface area contributed by atoms with Crippen molar-refractivity contribution < 1.29 is 36.2 Å². The van der Waals surface area contributed by atoms with Crippen molar-refractivity contribution in [2.75, 3.05) is 7.11 Å². The zero-order valence-electron chi connectivity index (χ0n) is 10.3. The predicted octanol–water partition coefficient (Wildman–Crippen LogP) is 3.63. The van der Waals surface area contributed by atoms with Gasteiger partial charge in [-0.1, -0.05) is 12.1 Å². The fourth-order valence-electron chi connectivity index (χ4n) is 1.47. The molecule has 0 bridgehead atoms. The minimum Gasteiger partial charge on any atom is -0.469 e. The summed E-state index contributed by atoms with van der Waals surface area (Å²) in [4.78, 5) is 11.0. The summed E-state index contributed by atoms with van der Waals surface area (Å²) in [6, 6.07) is 2.68. The zero-order chi connectivity index (χ0) is 15.3. The largest absolute Gasteiger partial charge is 0.573 e. The van der Waals surface area contributed by atoms with Gasteiger partial charge in [-0.3, -0.25) is 4.79 Å². The molecule has 0 aromatic heterocycles. The molecule has 0 radical (unpaired) electrons. The number of halogens is 5. The molecule has 8 heteroatoms. The molecule has 0 aliphatic rings. The van der Waals surface area contributed by atoms with E-state index in [0.717, 1.165) is 19.2 Å². The Kier molecular flexibility index (Phi) is 5.29. The van der Waals surface area contributed by atoms with Crippen molar-refractivity contribution in [1.82, 2.24) is 0 Å². The van der Waals surface area contributed by atoms with Gasteiger partial charge in [-0.05, 0) is 18.1 Å². The maximum absolute atomic E-state index is 12.5. The van der Waals surface area contributed by atoms with E-state index < -0.39 is 30.1 Å². The van der Waals surface area contributed by atoms with E-state index in [1.54, 1.807) is 0 Å². The summed E-state index contributed by atoms with van der Waals surface area (Å²) < 4.78 is 69.6. The Hall–Kier alpha value is -1.86. The van der Waals surface area contributed by atoms with E-state index in [2.05, 4.69) is 9.47 Å². The van der Waals surface area contributed by atoms with Crippen LogP contribution >= 0.6 is 0 Å². The number of benzene rings is 1. The second kappa shape index (κ2) is 6.53. The fraction of sp³-hybridized carbons (Fsp3) is 0.417. The van der Waals surface area contributed by atoms with Crippen LogP contribution in [0.4, 0.5) is 22.0 Å². The number of methoxy groups -OCH3 is 1. The van der Waals surface area contributed by atoms with E-state index in [4.69, 9.17) is 0 Å². The minimum atomic E-state index is -5.00. The molecule has 0 fully saturated rings. The Bertz CT molecular complexity index is 471. The molecule has 0 amide bonds. The molecule has 0 unspecified atom stereocenters. The normalized spacial score (nSPS) is 11.6. The second-order valence-electron chi connectivity index (χ2n) is 3.79. The summed E-state index contributed by atoms with van der Waals surface area (Å²) >= 11 is 0. The van der Waals surface area contributed by atoms with Crippen molar-refractivity contribution in [1.29, 1.82) is 0 Å². The van der Waals surface area contributed by atoms with E-state index in [9.17, 15) is 26.7 Å². The maximum Gasteiger partial charge on any atom is 0.573 e. The molecule has 0 saturated carbocycles. The summed E-state index contributed by atoms with van der Waals surface area (Å²) in [5, 5.41) is 0. The van der Waals surface area contributed by atoms with Crippen LogP contribution < -0.4 is 4.74 Å². The summed E-state index contributed by atoms with van der Waals surface area (Å²) in [7, 11) is 1.13. The number of carbonyl (C=O) groups excluding carboxylic acids is 1. The molecular formula is C12H11F5O3. The van der Waals surface area contributed by atoms with E-state index in [1.165, 1.54) is 0 Å². The number of hydrogen-bond donors (Lipinski definition) is 0. The van der Waals surface area contributed by atoms with E-state index in [-0.39, 0.29) is 18.4 Å². The molecule has 0 spiro atoms. The topological polar surface area (TPSA) is 35.5 Å². The molecule has 0 saturated heterocycles. The van der Waals surface area contributed by atoms with Crippen molar-refractivity contribution in [2.24, 2.45) is 0 Å². The summed E-state index contributed by atoms with van der Waals surface area (Å²) in [5.41, 5.74) is -0.594. The molecule has 20 heavy (non-hydrogen) atoms. The lowest BCUT2D eigenvalue weighted by molar-refractivity contribution is -0.274. The van der Waals surface area contributed by atoms with Crippen LogP contribution in [0.3, 0.4) is 0 Å². The van der Waals surface area contributed by atoms with Crippen LogP contribution in [0.1, 0.15) is 24.0 Å². The van der Waals surface area contributed by atoms with Crippen LogP contribution in [0.15, 0.2) is 18.2 Å². The smallest absolute Gasteiger partial charge is 0.469 e. The monoisotopic (exact) mass is 298 g/mol. The van der Waals surface area contributed by atoms with Crippen LogP contribution in [-0.4, -0.2) is 19.4 Å². The average molecular weight is 298 g/mol. The van der Waals surface area contributed by atoms with Gasteiger partial charge < -0.3 is 9.47 Å². The first-order chi connectivity index (χ1) is 9.23. The number of rotatable bonds is 5. The molecule has 0 aliphatic carbocycles. The van der Waals surface area contributed by atoms with Crippen molar-refractivity contribution in [3.63, 3.8) is 0 Å². The van der Waals surface area contributed by atoms with Crippen molar-refractivity contribution in [3.05, 3.63) is 29.3 Å². The lowest BCUT2D eigenvalue weighted by Crippen LogP contribution is -2.18. The Morgan fingerprint density at radius 2 is 1.95 bits per heavy atom. The highest BCUT2D eigenvalue weighted by Crippen LogP contribution is 2.31. The van der Waals surface area contributed by atoms with E-state index in [1.807, 2.05) is 0 Å². The molecule has 0 atom stereocenters. The van der Waals surface area contributed by atoms with Crippen molar-refractivity contribution in [2.45, 2.75) is 25.6 Å². The quantitative estimate of drug-likeness (QED) is 0.615. The molecule has 0 N–H and O–H groups in total. The molecule has 1 aromatic carbocycles. The number of carbonyl (C=O) groups is 1. The van der Waals surface area contributed by atoms with Gasteiger partial charge in [0, 0.05) is 12.0 Å². The highest BCUT2D eigenvalue weighted by atomic mass is 19.4. The molecule has 3 nitrogen and oxygen atoms in total. The molecule has 0 aliphatic heterocycles. The first kappa shape index (κ1) is 16.2. The number of ether oxygens (including phenoxy) is 2. The van der Waals surface area contributed by atoms with Crippen LogP contribution in [0.25, 0.3) is 0 Å². The van der Waals surface area contributed by atoms with Crippen molar-refractivity contribution >= 4 is 5.97 Å². The summed E-state index contributed by atoms with van der Waals surface area (Å²) in [5.74, 6) is -1.36. The third-order valence-electron chi connectivity index (χ3n) is 2.40. The molecule has 1 rings (SSSR count). The standard InChI is InChI=1S/C12H11F5O3/c1-19-10(18)5-4-7-2-3-8(11(13)14)6-9(7)20-12(15,16)17/h2-3,6,11H,4-5H2,1H3. The number of esters is 1. The zero-order valence-corrected chi connectivity index (χ0v) is 10.3. The summed E-state index contributed by atoms with van der Waals surface area (Å²) in [6.45, 7) is 0. The number of hydrogen-bond acceptors (Lipinski definition) is 3. The Morgan fingerprint density at radius 1 is 1.30 bits per heavy atom. The molecule has 112 valence electrons. The van der Waals surface area contributed by atoms with Crippen LogP contribution in [-0.2, 0) is 16.0 Å². The average Bonchev–Trinajstić information content (AvgIpc) is 2.34. The van der Waals surface area contributed by atoms with Gasteiger partial charge >= 0.3 is 12.3 Å². The highest BCUT2D eigenvalue weighted by Gasteiger charge is 2.32. The number of alkyl halides is 5. The Labute approximate surface area is 111 Å². The van der Waals surface area contributed by atoms with E-state index >= 15 is 0 Å². The third kappa shape index (κ3) is 5.02. The van der Waals surface area contributed by atoms with Gasteiger partial charge in [0.1, 0.15) is 5.75 Å². The fourth-order valence-corrected chi connectivity index (χ4v) is 1.47. The van der Waals surface area contributed by atoms with Gasteiger partial charge in [0.25, 0.3) is 6.43 Å². The van der Waals surface area contributed by atoms with Gasteiger partial charge in [-0.25, -0.2) is 8.78 Å². The van der Waals surface area contributed by atoms with Crippen LogP contribution in [0, 0.1) is 0 Å². The third-order valence-corrected chi connectivity index (χ3v) is 2.40. The van der Waals surface area contributed by atoms with Crippen LogP contribution in [0.5, 0.6) is 5.75 Å². The lowest BCUT2D eigenvalue weighted by atomic mass is 10.1. The Morgan fingerprint density at radius 3 is 2.45 bits per heavy atom. The van der Waals surface area contributed by atoms with Gasteiger partial charge in [0.2, 0.25) is 0 Å². The SMILES string of the molecule is COC(=O)CCc1ccc(C(F)F)cc1OC(F)(F)F. The number of aryl methyl sites for hydroxylation is 1. The Balaban J connectivity index is 2.99. The molecular weight excluding hydrogens is 287 g/mol. The van der Waals surface area contributed by atoms with Gasteiger partial charge in [0.15, 0.2) is 0 Å². The minimum absolute atomic E-state index is 0.00266. The molecule has 0 heterocycles. The highest BCUT2D eigenvalue weighted by molar-refractivity contribution is 5.69. The van der Waals surface area contributed by atoms with Crippen LogP contribution in [0.2, 0.25) is 0 Å². The van der Waals surface area contributed by atoms with Gasteiger partial charge in [0.05, 0.1) is 7.11 Å². The maximum atomic E-state index is 12.5. The summed E-state index contributed by atoms with van der Waals surface area (Å²) in [6.07, 6.45) is -8.21. The first-order valence-corrected chi connectivity index (χ1v) is 5.46. The second-order valence-corrected chi connectivity index (χ2v) is 3.79. The first-order valence-electron chi connectivity index (χ1n) is 5.46. The van der Waals surface area contributed by atoms with E-state index in [0.29, 0.717) is 6.07 Å². The predicted molar refractivity (Wildman–Crippen MR) is 58.4 cm³/mol. The van der Waals surface area contributed by atoms with Gasteiger partial charge in [-0.2, -0.15) is 0 Å². The van der Waals surface area contributed by atoms with Gasteiger partial charge in [-0.15, -0.1) is 13.2 Å². The van der Waals surface area contributed by atoms with Crippen molar-refractivity contribution in [3.8, 4) is 5.75 Å².